The highest BCUT2D eigenvalue weighted by atomic mass is 32.1. The molecule has 3 atom stereocenters. The summed E-state index contributed by atoms with van der Waals surface area (Å²) in [7, 11) is 0. The van der Waals surface area contributed by atoms with Gasteiger partial charge in [0.25, 0.3) is 0 Å². The molecule has 0 bridgehead atoms. The zero-order valence-corrected chi connectivity index (χ0v) is 29.0. The highest BCUT2D eigenvalue weighted by Gasteiger charge is 2.31. The van der Waals surface area contributed by atoms with Crippen LogP contribution in [0, 0.1) is 0 Å². The molecule has 51 heavy (non-hydrogen) atoms. The molecule has 10 aromatic rings. The van der Waals surface area contributed by atoms with Crippen LogP contribution in [-0.2, 0) is 0 Å². The summed E-state index contributed by atoms with van der Waals surface area (Å²) >= 11 is 3.72. The van der Waals surface area contributed by atoms with Gasteiger partial charge in [0.05, 0.1) is 18.5 Å². The highest BCUT2D eigenvalue weighted by Crippen LogP contribution is 2.43. The van der Waals surface area contributed by atoms with Crippen LogP contribution in [-0.4, -0.2) is 0 Å². The van der Waals surface area contributed by atoms with Crippen LogP contribution in [0.15, 0.2) is 156 Å². The third kappa shape index (κ3) is 4.76. The average Bonchev–Trinajstić information content (AvgIpc) is 3.88. The predicted octanol–water partition coefficient (Wildman–Crippen LogP) is 12.2. The number of benzene rings is 7. The third-order valence-electron chi connectivity index (χ3n) is 10.4. The maximum Gasteiger partial charge on any atom is 0.141 e. The van der Waals surface area contributed by atoms with E-state index in [1.165, 1.54) is 62.6 Å². The predicted molar refractivity (Wildman–Crippen MR) is 215 cm³/mol. The largest absolute Gasteiger partial charge is 0.456 e. The number of rotatable bonds is 4. The standard InChI is InChI=1S/C45H31N3OS2/c1-2-10-26(11-3-1)43-46-44(28-20-22-32-30-12-4-6-18-38(30)50-40(32)25-28)48-45(47-43)35-17-9-15-33-36-24-27(21-23-37(36)49-41(33)35)29-14-8-16-34-31-13-5-7-19-39(31)51-42(29)34/h1-25,43-48H. The van der Waals surface area contributed by atoms with Crippen LogP contribution >= 0.6 is 22.7 Å². The van der Waals surface area contributed by atoms with Gasteiger partial charge < -0.3 is 4.42 Å². The molecule has 3 N–H and O–H groups in total. The molecule has 244 valence electrons. The minimum Gasteiger partial charge on any atom is -0.456 e. The van der Waals surface area contributed by atoms with E-state index in [1.54, 1.807) is 0 Å². The van der Waals surface area contributed by atoms with Gasteiger partial charge in [-0.05, 0) is 52.6 Å². The molecule has 3 aromatic heterocycles. The van der Waals surface area contributed by atoms with E-state index >= 15 is 0 Å². The Morgan fingerprint density at radius 3 is 1.96 bits per heavy atom. The van der Waals surface area contributed by atoms with Gasteiger partial charge in [-0.25, -0.2) is 0 Å². The van der Waals surface area contributed by atoms with Gasteiger partial charge in [-0.1, -0.05) is 121 Å². The maximum absolute atomic E-state index is 6.74. The minimum atomic E-state index is -0.171. The topological polar surface area (TPSA) is 49.2 Å². The first-order valence-corrected chi connectivity index (χ1v) is 19.0. The molecule has 1 aliphatic heterocycles. The van der Waals surface area contributed by atoms with Gasteiger partial charge in [0.15, 0.2) is 0 Å². The van der Waals surface area contributed by atoms with Crippen molar-refractivity contribution in [2.45, 2.75) is 18.5 Å². The Labute approximate surface area is 302 Å². The van der Waals surface area contributed by atoms with Crippen molar-refractivity contribution in [3.05, 3.63) is 168 Å². The van der Waals surface area contributed by atoms with Crippen molar-refractivity contribution in [1.82, 2.24) is 16.0 Å². The zero-order valence-electron chi connectivity index (χ0n) is 27.4. The number of hydrogen-bond donors (Lipinski definition) is 3. The van der Waals surface area contributed by atoms with E-state index in [0.29, 0.717) is 0 Å². The number of para-hydroxylation sites is 1. The molecule has 6 heteroatoms. The lowest BCUT2D eigenvalue weighted by molar-refractivity contribution is 0.203. The highest BCUT2D eigenvalue weighted by molar-refractivity contribution is 7.26. The number of furan rings is 1. The van der Waals surface area contributed by atoms with E-state index in [9.17, 15) is 0 Å². The quantitative estimate of drug-likeness (QED) is 0.172. The molecule has 4 nitrogen and oxygen atoms in total. The van der Waals surface area contributed by atoms with Gasteiger partial charge in [0.1, 0.15) is 11.2 Å². The number of fused-ring (bicyclic) bond motifs is 9. The van der Waals surface area contributed by atoms with Gasteiger partial charge in [-0.3, -0.25) is 16.0 Å². The van der Waals surface area contributed by atoms with Gasteiger partial charge in [-0.15, -0.1) is 22.7 Å². The molecule has 0 radical (unpaired) electrons. The fourth-order valence-electron chi connectivity index (χ4n) is 7.97. The molecule has 4 heterocycles. The smallest absolute Gasteiger partial charge is 0.141 e. The van der Waals surface area contributed by atoms with Gasteiger partial charge in [0, 0.05) is 56.7 Å². The summed E-state index contributed by atoms with van der Waals surface area (Å²) in [5.74, 6) is 0. The molecule has 11 rings (SSSR count). The molecular weight excluding hydrogens is 663 g/mol. The van der Waals surface area contributed by atoms with Gasteiger partial charge in [-0.2, -0.15) is 0 Å². The normalized spacial score (nSPS) is 18.2. The second-order valence-electron chi connectivity index (χ2n) is 13.4. The summed E-state index contributed by atoms with van der Waals surface area (Å²) in [6, 6.07) is 54.7. The van der Waals surface area contributed by atoms with Crippen LogP contribution in [0.4, 0.5) is 0 Å². The van der Waals surface area contributed by atoms with Gasteiger partial charge >= 0.3 is 0 Å². The van der Waals surface area contributed by atoms with Crippen molar-refractivity contribution in [3.63, 3.8) is 0 Å². The molecule has 0 aliphatic carbocycles. The number of thiophene rings is 2. The molecule has 7 aromatic carbocycles. The first-order valence-electron chi connectivity index (χ1n) is 17.4. The second-order valence-corrected chi connectivity index (χ2v) is 15.5. The Balaban J connectivity index is 1.01. The van der Waals surface area contributed by atoms with Crippen LogP contribution in [0.5, 0.6) is 0 Å². The molecule has 1 fully saturated rings. The first-order chi connectivity index (χ1) is 25.2. The third-order valence-corrected chi connectivity index (χ3v) is 12.8. The second kappa shape index (κ2) is 11.6. The van der Waals surface area contributed by atoms with E-state index in [2.05, 4.69) is 168 Å². The lowest BCUT2D eigenvalue weighted by Crippen LogP contribution is -2.54. The summed E-state index contributed by atoms with van der Waals surface area (Å²) in [6.45, 7) is 0. The van der Waals surface area contributed by atoms with Gasteiger partial charge in [0.2, 0.25) is 0 Å². The van der Waals surface area contributed by atoms with Crippen molar-refractivity contribution in [2.24, 2.45) is 0 Å². The van der Waals surface area contributed by atoms with E-state index in [-0.39, 0.29) is 18.5 Å². The molecule has 3 unspecified atom stereocenters. The molecule has 1 aliphatic rings. The van der Waals surface area contributed by atoms with Crippen LogP contribution in [0.25, 0.3) is 73.4 Å². The molecular formula is C45H31N3OS2. The van der Waals surface area contributed by atoms with Crippen molar-refractivity contribution in [3.8, 4) is 11.1 Å². The van der Waals surface area contributed by atoms with E-state index < -0.39 is 0 Å². The lowest BCUT2D eigenvalue weighted by atomic mass is 9.99. The molecule has 0 amide bonds. The van der Waals surface area contributed by atoms with Crippen LogP contribution in [0.1, 0.15) is 35.2 Å². The SMILES string of the molecule is c1ccc(C2NC(c3ccc4c(c3)sc3ccccc34)NC(c3cccc4c3oc3ccc(-c5cccc6c5sc5ccccc56)cc34)N2)cc1. The van der Waals surface area contributed by atoms with Crippen molar-refractivity contribution >= 4 is 85.0 Å². The van der Waals surface area contributed by atoms with Crippen molar-refractivity contribution in [2.75, 3.05) is 0 Å². The molecule has 1 saturated heterocycles. The van der Waals surface area contributed by atoms with Crippen LogP contribution < -0.4 is 16.0 Å². The molecule has 0 saturated carbocycles. The van der Waals surface area contributed by atoms with Crippen LogP contribution in [0.3, 0.4) is 0 Å². The number of nitrogens with one attached hydrogen (secondary N) is 3. The molecule has 0 spiro atoms. The Morgan fingerprint density at radius 1 is 0.431 bits per heavy atom. The number of hydrogen-bond acceptors (Lipinski definition) is 6. The lowest BCUT2D eigenvalue weighted by Gasteiger charge is -2.39. The van der Waals surface area contributed by atoms with E-state index in [4.69, 9.17) is 4.42 Å². The monoisotopic (exact) mass is 693 g/mol. The summed E-state index contributed by atoms with van der Waals surface area (Å²) in [5.41, 5.74) is 7.74. The van der Waals surface area contributed by atoms with Crippen molar-refractivity contribution < 1.29 is 4.42 Å². The Hall–Kier alpha value is -5.34. The fraction of sp³-hybridized carbons (Fsp3) is 0.0667. The Bertz CT molecular complexity index is 2940. The Morgan fingerprint density at radius 2 is 1.10 bits per heavy atom. The van der Waals surface area contributed by atoms with Crippen LogP contribution in [0.2, 0.25) is 0 Å². The summed E-state index contributed by atoms with van der Waals surface area (Å²) in [5, 5.41) is 19.1. The fourth-order valence-corrected chi connectivity index (χ4v) is 10.4. The van der Waals surface area contributed by atoms with E-state index in [1.807, 2.05) is 22.7 Å². The van der Waals surface area contributed by atoms with Crippen molar-refractivity contribution in [1.29, 1.82) is 0 Å². The average molecular weight is 694 g/mol. The maximum atomic E-state index is 6.74. The summed E-state index contributed by atoms with van der Waals surface area (Å²) in [6.07, 6.45) is -0.340. The zero-order chi connectivity index (χ0) is 33.5. The Kier molecular flexibility index (Phi) is 6.69. The summed E-state index contributed by atoms with van der Waals surface area (Å²) in [4.78, 5) is 0. The minimum absolute atomic E-state index is 0.0754. The summed E-state index contributed by atoms with van der Waals surface area (Å²) < 4.78 is 12.0. The first kappa shape index (κ1) is 29.4. The van der Waals surface area contributed by atoms with E-state index in [0.717, 1.165) is 27.5 Å².